The van der Waals surface area contributed by atoms with Crippen molar-refractivity contribution in [3.63, 3.8) is 0 Å². The monoisotopic (exact) mass is 255 g/mol. The Labute approximate surface area is 95.0 Å². The van der Waals surface area contributed by atoms with Gasteiger partial charge in [0.25, 0.3) is 0 Å². The highest BCUT2D eigenvalue weighted by Gasteiger charge is 2.09. The van der Waals surface area contributed by atoms with E-state index in [1.807, 2.05) is 0 Å². The Hall–Kier alpha value is -0.500. The smallest absolute Gasteiger partial charge is 0.0351 e. The fraction of sp³-hybridized carbons (Fsp3) is 0.500. The predicted octanol–water partition coefficient (Wildman–Crippen LogP) is 4.22. The molecule has 0 fully saturated rings. The van der Waals surface area contributed by atoms with E-state index in [9.17, 15) is 0 Å². The van der Waals surface area contributed by atoms with Crippen LogP contribution < -0.4 is 5.32 Å². The van der Waals surface area contributed by atoms with Crippen LogP contribution in [0.15, 0.2) is 22.7 Å². The number of aryl methyl sites for hydroxylation is 1. The van der Waals surface area contributed by atoms with Gasteiger partial charge in [-0.1, -0.05) is 42.8 Å². The average Bonchev–Trinajstić information content (AvgIpc) is 2.06. The first-order valence-corrected chi connectivity index (χ1v) is 5.68. The summed E-state index contributed by atoms with van der Waals surface area (Å²) in [6.07, 6.45) is 0. The molecule has 14 heavy (non-hydrogen) atoms. The molecule has 0 aliphatic heterocycles. The summed E-state index contributed by atoms with van der Waals surface area (Å²) in [6.45, 7) is 9.76. The molecule has 0 spiro atoms. The van der Waals surface area contributed by atoms with E-state index in [0.29, 0.717) is 5.41 Å². The third-order valence-corrected chi connectivity index (χ3v) is 2.85. The molecule has 1 aromatic rings. The van der Waals surface area contributed by atoms with E-state index < -0.39 is 0 Å². The number of anilines is 1. The average molecular weight is 256 g/mol. The van der Waals surface area contributed by atoms with Crippen molar-refractivity contribution in [2.24, 2.45) is 5.41 Å². The third kappa shape index (κ3) is 3.70. The second kappa shape index (κ2) is 4.35. The van der Waals surface area contributed by atoms with E-state index in [1.54, 1.807) is 0 Å². The molecule has 1 nitrogen and oxygen atoms in total. The van der Waals surface area contributed by atoms with E-state index in [0.717, 1.165) is 11.0 Å². The fourth-order valence-electron chi connectivity index (χ4n) is 1.07. The number of benzene rings is 1. The highest BCUT2D eigenvalue weighted by Crippen LogP contribution is 2.22. The van der Waals surface area contributed by atoms with Gasteiger partial charge in [-0.25, -0.2) is 0 Å². The van der Waals surface area contributed by atoms with Crippen LogP contribution in [0.3, 0.4) is 0 Å². The Kier molecular flexibility index (Phi) is 3.59. The van der Waals surface area contributed by atoms with Crippen molar-refractivity contribution in [3.05, 3.63) is 28.2 Å². The summed E-state index contributed by atoms with van der Waals surface area (Å²) in [5.74, 6) is 0. The number of hydrogen-bond acceptors (Lipinski definition) is 1. The van der Waals surface area contributed by atoms with Gasteiger partial charge in [0.15, 0.2) is 0 Å². The predicted molar refractivity (Wildman–Crippen MR) is 66.8 cm³/mol. The Bertz CT molecular complexity index is 313. The van der Waals surface area contributed by atoms with Gasteiger partial charge in [-0.15, -0.1) is 0 Å². The molecule has 0 atom stereocenters. The van der Waals surface area contributed by atoms with Gasteiger partial charge in [0, 0.05) is 16.7 Å². The molecule has 78 valence electrons. The zero-order valence-electron chi connectivity index (χ0n) is 9.32. The number of nitrogens with one attached hydrogen (secondary N) is 1. The highest BCUT2D eigenvalue weighted by atomic mass is 79.9. The molecule has 0 saturated heterocycles. The molecule has 0 aliphatic carbocycles. The van der Waals surface area contributed by atoms with E-state index in [4.69, 9.17) is 0 Å². The first-order chi connectivity index (χ1) is 6.38. The second-order valence-corrected chi connectivity index (χ2v) is 5.73. The summed E-state index contributed by atoms with van der Waals surface area (Å²) in [4.78, 5) is 0. The zero-order valence-corrected chi connectivity index (χ0v) is 10.9. The Morgan fingerprint density at radius 1 is 1.29 bits per heavy atom. The van der Waals surface area contributed by atoms with Crippen LogP contribution in [-0.2, 0) is 0 Å². The molecular weight excluding hydrogens is 238 g/mol. The molecule has 0 aliphatic rings. The van der Waals surface area contributed by atoms with E-state index in [2.05, 4.69) is 67.1 Å². The second-order valence-electron chi connectivity index (χ2n) is 4.88. The van der Waals surface area contributed by atoms with Crippen molar-refractivity contribution in [2.45, 2.75) is 27.7 Å². The standard InChI is InChI=1S/C12H18BrN/c1-9-5-6-10(7-11(9)13)14-8-12(2,3)4/h5-7,14H,8H2,1-4H3. The Morgan fingerprint density at radius 2 is 1.93 bits per heavy atom. The lowest BCUT2D eigenvalue weighted by molar-refractivity contribution is 0.443. The Balaban J connectivity index is 2.65. The van der Waals surface area contributed by atoms with Gasteiger partial charge in [0.2, 0.25) is 0 Å². The van der Waals surface area contributed by atoms with Crippen molar-refractivity contribution >= 4 is 21.6 Å². The summed E-state index contributed by atoms with van der Waals surface area (Å²) in [5.41, 5.74) is 2.76. The van der Waals surface area contributed by atoms with Crippen molar-refractivity contribution in [1.29, 1.82) is 0 Å². The van der Waals surface area contributed by atoms with Crippen LogP contribution in [0.25, 0.3) is 0 Å². The molecule has 0 saturated carbocycles. The van der Waals surface area contributed by atoms with Gasteiger partial charge in [-0.3, -0.25) is 0 Å². The van der Waals surface area contributed by atoms with Crippen molar-refractivity contribution in [3.8, 4) is 0 Å². The minimum absolute atomic E-state index is 0.317. The fourth-order valence-corrected chi connectivity index (χ4v) is 1.45. The van der Waals surface area contributed by atoms with E-state index in [-0.39, 0.29) is 0 Å². The first kappa shape index (κ1) is 11.6. The van der Waals surface area contributed by atoms with Gasteiger partial charge in [0.05, 0.1) is 0 Å². The molecule has 0 heterocycles. The van der Waals surface area contributed by atoms with Crippen LogP contribution in [0.5, 0.6) is 0 Å². The maximum atomic E-state index is 3.53. The van der Waals surface area contributed by atoms with Crippen LogP contribution in [0.4, 0.5) is 5.69 Å². The third-order valence-electron chi connectivity index (χ3n) is 1.99. The molecule has 0 amide bonds. The van der Waals surface area contributed by atoms with E-state index in [1.165, 1.54) is 11.3 Å². The molecule has 1 aromatic carbocycles. The molecule has 0 radical (unpaired) electrons. The maximum Gasteiger partial charge on any atom is 0.0351 e. The largest absolute Gasteiger partial charge is 0.384 e. The van der Waals surface area contributed by atoms with E-state index >= 15 is 0 Å². The normalized spacial score (nSPS) is 11.5. The van der Waals surface area contributed by atoms with Crippen molar-refractivity contribution in [1.82, 2.24) is 0 Å². The van der Waals surface area contributed by atoms with Crippen LogP contribution in [0.1, 0.15) is 26.3 Å². The summed E-state index contributed by atoms with van der Waals surface area (Å²) in [7, 11) is 0. The van der Waals surface area contributed by atoms with Crippen molar-refractivity contribution < 1.29 is 0 Å². The maximum absolute atomic E-state index is 3.53. The molecule has 1 N–H and O–H groups in total. The summed E-state index contributed by atoms with van der Waals surface area (Å²) >= 11 is 3.53. The molecule has 0 aromatic heterocycles. The van der Waals surface area contributed by atoms with Gasteiger partial charge >= 0.3 is 0 Å². The topological polar surface area (TPSA) is 12.0 Å². The van der Waals surface area contributed by atoms with Crippen molar-refractivity contribution in [2.75, 3.05) is 11.9 Å². The lowest BCUT2D eigenvalue weighted by Crippen LogP contribution is -2.18. The van der Waals surface area contributed by atoms with Gasteiger partial charge in [-0.2, -0.15) is 0 Å². The van der Waals surface area contributed by atoms with Crippen LogP contribution in [0.2, 0.25) is 0 Å². The highest BCUT2D eigenvalue weighted by molar-refractivity contribution is 9.10. The number of halogens is 1. The van der Waals surface area contributed by atoms with Crippen LogP contribution >= 0.6 is 15.9 Å². The van der Waals surface area contributed by atoms with Crippen LogP contribution in [0, 0.1) is 12.3 Å². The summed E-state index contributed by atoms with van der Waals surface area (Å²) < 4.78 is 1.16. The first-order valence-electron chi connectivity index (χ1n) is 4.88. The lowest BCUT2D eigenvalue weighted by Gasteiger charge is -2.19. The van der Waals surface area contributed by atoms with Gasteiger partial charge < -0.3 is 5.32 Å². The minimum atomic E-state index is 0.317. The summed E-state index contributed by atoms with van der Waals surface area (Å²) in [6, 6.07) is 6.36. The molecule has 2 heteroatoms. The molecular formula is C12H18BrN. The van der Waals surface area contributed by atoms with Gasteiger partial charge in [0.1, 0.15) is 0 Å². The van der Waals surface area contributed by atoms with Crippen LogP contribution in [-0.4, -0.2) is 6.54 Å². The van der Waals surface area contributed by atoms with Gasteiger partial charge in [-0.05, 0) is 30.0 Å². The molecule has 0 bridgehead atoms. The molecule has 1 rings (SSSR count). The quantitative estimate of drug-likeness (QED) is 0.835. The zero-order chi connectivity index (χ0) is 10.8. The summed E-state index contributed by atoms with van der Waals surface area (Å²) in [5, 5.41) is 3.42. The lowest BCUT2D eigenvalue weighted by atomic mass is 9.97. The Morgan fingerprint density at radius 3 is 2.43 bits per heavy atom. The number of rotatable bonds is 2. The number of hydrogen-bond donors (Lipinski definition) is 1. The minimum Gasteiger partial charge on any atom is -0.384 e. The SMILES string of the molecule is Cc1ccc(NCC(C)(C)C)cc1Br. The molecule has 0 unspecified atom stereocenters.